The number of hydrogen-bond acceptors (Lipinski definition) is 3. The summed E-state index contributed by atoms with van der Waals surface area (Å²) in [5.74, 6) is -0.496. The van der Waals surface area contributed by atoms with Crippen molar-refractivity contribution in [3.05, 3.63) is 18.2 Å². The summed E-state index contributed by atoms with van der Waals surface area (Å²) in [4.78, 5) is 29.5. The van der Waals surface area contributed by atoms with Crippen molar-refractivity contribution in [1.29, 1.82) is 0 Å². The Kier molecular flexibility index (Phi) is 3.12. The van der Waals surface area contributed by atoms with Gasteiger partial charge in [-0.25, -0.2) is 4.98 Å². The number of carboxylic acids is 1. The predicted octanol–water partition coefficient (Wildman–Crippen LogP) is 0.323. The lowest BCUT2D eigenvalue weighted by molar-refractivity contribution is -0.149. The van der Waals surface area contributed by atoms with Gasteiger partial charge < -0.3 is 15.4 Å². The Morgan fingerprint density at radius 2 is 2.29 bits per heavy atom. The number of aromatic amines is 1. The maximum atomic E-state index is 11.6. The molecule has 0 aromatic carbocycles. The zero-order chi connectivity index (χ0) is 12.3. The molecule has 0 radical (unpaired) electrons. The monoisotopic (exact) mass is 237 g/mol. The van der Waals surface area contributed by atoms with Crippen LogP contribution in [0.5, 0.6) is 0 Å². The molecule has 92 valence electrons. The molecule has 1 amide bonds. The molecule has 17 heavy (non-hydrogen) atoms. The fourth-order valence-electron chi connectivity index (χ4n) is 1.72. The minimum Gasteiger partial charge on any atom is -0.480 e. The molecular weight excluding hydrogens is 222 g/mol. The average Bonchev–Trinajstić information content (AvgIpc) is 2.97. The van der Waals surface area contributed by atoms with Gasteiger partial charge in [0.15, 0.2) is 0 Å². The van der Waals surface area contributed by atoms with Crippen molar-refractivity contribution in [2.24, 2.45) is 5.41 Å². The number of nitrogens with one attached hydrogen (secondary N) is 2. The first-order valence-electron chi connectivity index (χ1n) is 5.65. The Balaban J connectivity index is 1.69. The lowest BCUT2D eigenvalue weighted by atomic mass is 10.1. The molecule has 1 aliphatic rings. The number of nitrogens with zero attached hydrogens (tertiary/aromatic N) is 1. The summed E-state index contributed by atoms with van der Waals surface area (Å²) >= 11 is 0. The van der Waals surface area contributed by atoms with Gasteiger partial charge in [-0.05, 0) is 19.3 Å². The molecule has 6 heteroatoms. The van der Waals surface area contributed by atoms with Crippen molar-refractivity contribution in [2.75, 3.05) is 6.54 Å². The van der Waals surface area contributed by atoms with Crippen LogP contribution in [0.25, 0.3) is 0 Å². The Morgan fingerprint density at radius 3 is 2.82 bits per heavy atom. The highest BCUT2D eigenvalue weighted by molar-refractivity contribution is 6.04. The summed E-state index contributed by atoms with van der Waals surface area (Å²) in [5.41, 5.74) is -1.13. The molecule has 2 rings (SSSR count). The molecule has 0 bridgehead atoms. The Hall–Kier alpha value is -1.85. The van der Waals surface area contributed by atoms with Crippen LogP contribution in [0.1, 0.15) is 25.1 Å². The van der Waals surface area contributed by atoms with E-state index in [1.807, 2.05) is 0 Å². The Labute approximate surface area is 98.4 Å². The van der Waals surface area contributed by atoms with Gasteiger partial charge in [0.2, 0.25) is 5.91 Å². The van der Waals surface area contributed by atoms with Crippen molar-refractivity contribution in [3.8, 4) is 0 Å². The number of hydrogen-bond donors (Lipinski definition) is 3. The van der Waals surface area contributed by atoms with Crippen molar-refractivity contribution >= 4 is 11.9 Å². The highest BCUT2D eigenvalue weighted by Crippen LogP contribution is 2.45. The van der Waals surface area contributed by atoms with Gasteiger partial charge >= 0.3 is 5.97 Å². The number of carbonyl (C=O) groups is 2. The normalized spacial score (nSPS) is 16.5. The van der Waals surface area contributed by atoms with Crippen LogP contribution in [0.15, 0.2) is 12.4 Å². The van der Waals surface area contributed by atoms with Gasteiger partial charge in [0.25, 0.3) is 0 Å². The van der Waals surface area contributed by atoms with E-state index in [-0.39, 0.29) is 5.91 Å². The highest BCUT2D eigenvalue weighted by Gasteiger charge is 2.56. The Bertz CT molecular complexity index is 410. The molecule has 3 N–H and O–H groups in total. The standard InChI is InChI=1S/C11H15N3O3/c15-9(11(3-4-11)10(16)17)14-5-1-2-8-12-6-7-13-8/h6-7H,1-5H2,(H,12,13)(H,14,15)(H,16,17). The quantitative estimate of drug-likeness (QED) is 0.490. The van der Waals surface area contributed by atoms with E-state index in [1.54, 1.807) is 12.4 Å². The van der Waals surface area contributed by atoms with E-state index in [9.17, 15) is 9.59 Å². The molecule has 0 aliphatic heterocycles. The number of aliphatic carboxylic acids is 1. The number of carboxylic acid groups (broad SMARTS) is 1. The smallest absolute Gasteiger partial charge is 0.319 e. The SMILES string of the molecule is O=C(O)C1(C(=O)NCCCc2ncc[nH]2)CC1. The molecule has 1 fully saturated rings. The summed E-state index contributed by atoms with van der Waals surface area (Å²) in [6, 6.07) is 0. The van der Waals surface area contributed by atoms with Gasteiger partial charge in [0.05, 0.1) is 0 Å². The lowest BCUT2D eigenvalue weighted by Crippen LogP contribution is -2.37. The third-order valence-electron chi connectivity index (χ3n) is 3.02. The van der Waals surface area contributed by atoms with Gasteiger partial charge in [-0.15, -0.1) is 0 Å². The molecule has 1 aromatic heterocycles. The molecule has 0 unspecified atom stereocenters. The largest absolute Gasteiger partial charge is 0.480 e. The van der Waals surface area contributed by atoms with Crippen LogP contribution in [0.3, 0.4) is 0 Å². The van der Waals surface area contributed by atoms with Crippen molar-refractivity contribution in [2.45, 2.75) is 25.7 Å². The number of amides is 1. The van der Waals surface area contributed by atoms with Crippen LogP contribution in [0.4, 0.5) is 0 Å². The van der Waals surface area contributed by atoms with E-state index in [0.717, 1.165) is 18.7 Å². The molecule has 1 aliphatic carbocycles. The van der Waals surface area contributed by atoms with Gasteiger partial charge in [0, 0.05) is 25.4 Å². The van der Waals surface area contributed by atoms with E-state index in [4.69, 9.17) is 5.11 Å². The van der Waals surface area contributed by atoms with Crippen molar-refractivity contribution < 1.29 is 14.7 Å². The molecule has 6 nitrogen and oxygen atoms in total. The van der Waals surface area contributed by atoms with Crippen LogP contribution in [-0.4, -0.2) is 33.5 Å². The molecule has 1 saturated carbocycles. The maximum absolute atomic E-state index is 11.6. The molecule has 0 spiro atoms. The zero-order valence-corrected chi connectivity index (χ0v) is 9.40. The van der Waals surface area contributed by atoms with Crippen LogP contribution < -0.4 is 5.32 Å². The maximum Gasteiger partial charge on any atom is 0.319 e. The van der Waals surface area contributed by atoms with Crippen LogP contribution in [0.2, 0.25) is 0 Å². The van der Waals surface area contributed by atoms with E-state index in [2.05, 4.69) is 15.3 Å². The Morgan fingerprint density at radius 1 is 1.53 bits per heavy atom. The minimum atomic E-state index is -1.13. The number of carbonyl (C=O) groups excluding carboxylic acids is 1. The minimum absolute atomic E-state index is 0.357. The first-order valence-corrected chi connectivity index (χ1v) is 5.65. The van der Waals surface area contributed by atoms with Gasteiger partial charge in [-0.3, -0.25) is 9.59 Å². The fourth-order valence-corrected chi connectivity index (χ4v) is 1.72. The predicted molar refractivity (Wildman–Crippen MR) is 59.2 cm³/mol. The third kappa shape index (κ3) is 2.46. The first-order chi connectivity index (χ1) is 8.15. The number of rotatable bonds is 6. The summed E-state index contributed by atoms with van der Waals surface area (Å²) < 4.78 is 0. The summed E-state index contributed by atoms with van der Waals surface area (Å²) in [5, 5.41) is 11.6. The first kappa shape index (κ1) is 11.6. The second kappa shape index (κ2) is 4.57. The number of H-pyrrole nitrogens is 1. The highest BCUT2D eigenvalue weighted by atomic mass is 16.4. The van der Waals surface area contributed by atoms with Crippen LogP contribution in [-0.2, 0) is 16.0 Å². The third-order valence-corrected chi connectivity index (χ3v) is 3.02. The average molecular weight is 237 g/mol. The number of aromatic nitrogens is 2. The van der Waals surface area contributed by atoms with Crippen LogP contribution in [0, 0.1) is 5.41 Å². The second-order valence-corrected chi connectivity index (χ2v) is 4.28. The van der Waals surface area contributed by atoms with Crippen molar-refractivity contribution in [3.63, 3.8) is 0 Å². The summed E-state index contributed by atoms with van der Waals surface area (Å²) in [6.45, 7) is 0.481. The topological polar surface area (TPSA) is 95.1 Å². The second-order valence-electron chi connectivity index (χ2n) is 4.28. The van der Waals surface area contributed by atoms with E-state index >= 15 is 0 Å². The van der Waals surface area contributed by atoms with Crippen molar-refractivity contribution in [1.82, 2.24) is 15.3 Å². The van der Waals surface area contributed by atoms with Gasteiger partial charge in [0.1, 0.15) is 11.2 Å². The molecular formula is C11H15N3O3. The zero-order valence-electron chi connectivity index (χ0n) is 9.40. The molecule has 0 saturated heterocycles. The van der Waals surface area contributed by atoms with E-state index in [0.29, 0.717) is 19.4 Å². The van der Waals surface area contributed by atoms with E-state index in [1.165, 1.54) is 0 Å². The van der Waals surface area contributed by atoms with Gasteiger partial charge in [-0.2, -0.15) is 0 Å². The van der Waals surface area contributed by atoms with Crippen LogP contribution >= 0.6 is 0 Å². The fraction of sp³-hybridized carbons (Fsp3) is 0.545. The number of aryl methyl sites for hydroxylation is 1. The van der Waals surface area contributed by atoms with Gasteiger partial charge in [-0.1, -0.05) is 0 Å². The number of imidazole rings is 1. The molecule has 1 aromatic rings. The summed E-state index contributed by atoms with van der Waals surface area (Å²) in [7, 11) is 0. The molecule has 0 atom stereocenters. The van der Waals surface area contributed by atoms with E-state index < -0.39 is 11.4 Å². The molecule has 1 heterocycles. The summed E-state index contributed by atoms with van der Waals surface area (Å²) in [6.07, 6.45) is 5.82. The lowest BCUT2D eigenvalue weighted by Gasteiger charge is -2.10.